The quantitative estimate of drug-likeness (QED) is 0.194. The second-order valence-corrected chi connectivity index (χ2v) is 10.8. The molecule has 10 nitrogen and oxygen atoms in total. The van der Waals surface area contributed by atoms with E-state index in [1.54, 1.807) is 46.8 Å². The van der Waals surface area contributed by atoms with Crippen molar-refractivity contribution in [1.82, 2.24) is 20.2 Å². The van der Waals surface area contributed by atoms with Crippen molar-refractivity contribution in [3.05, 3.63) is 76.3 Å². The molecule has 0 aliphatic heterocycles. The van der Waals surface area contributed by atoms with Gasteiger partial charge in [-0.1, -0.05) is 17.7 Å². The predicted molar refractivity (Wildman–Crippen MR) is 153 cm³/mol. The number of rotatable bonds is 5. The fourth-order valence-electron chi connectivity index (χ4n) is 3.81. The predicted octanol–water partition coefficient (Wildman–Crippen LogP) is 8.01. The standard InChI is InChI=1S/C28H26ClF4N7O3/c1-14-6-7-16(35-25(41)36-17-8-9-20(29)19(12-17)28(31,32)33)11-18(14)23-34-13-21(30)24(37-23)40(22-10-15(2)38-39-22)26(42)43-27(3,4)5/h6-13H,1-5H3,(H,38,39)(H2,35,36,41). The highest BCUT2D eigenvalue weighted by atomic mass is 35.5. The summed E-state index contributed by atoms with van der Waals surface area (Å²) in [6.45, 7) is 8.38. The first-order valence-corrected chi connectivity index (χ1v) is 13.0. The van der Waals surface area contributed by atoms with Crippen LogP contribution in [0.1, 0.15) is 37.6 Å². The summed E-state index contributed by atoms with van der Waals surface area (Å²) in [5.41, 5.74) is -0.320. The monoisotopic (exact) mass is 619 g/mol. The average molecular weight is 620 g/mol. The van der Waals surface area contributed by atoms with Crippen LogP contribution in [0.15, 0.2) is 48.7 Å². The average Bonchev–Trinajstić information content (AvgIpc) is 3.31. The van der Waals surface area contributed by atoms with E-state index in [4.69, 9.17) is 16.3 Å². The van der Waals surface area contributed by atoms with Crippen molar-refractivity contribution >= 4 is 46.7 Å². The summed E-state index contributed by atoms with van der Waals surface area (Å²) in [6, 6.07) is 8.31. The number of ether oxygens (including phenoxy) is 1. The van der Waals surface area contributed by atoms with Crippen LogP contribution >= 0.6 is 11.6 Å². The van der Waals surface area contributed by atoms with Gasteiger partial charge in [0.1, 0.15) is 5.60 Å². The minimum Gasteiger partial charge on any atom is -0.443 e. The maximum atomic E-state index is 15.2. The molecule has 0 aliphatic carbocycles. The number of aromatic amines is 1. The third-order valence-electron chi connectivity index (χ3n) is 5.70. The number of carbonyl (C=O) groups excluding carboxylic acids is 2. The molecule has 43 heavy (non-hydrogen) atoms. The summed E-state index contributed by atoms with van der Waals surface area (Å²) in [7, 11) is 0. The van der Waals surface area contributed by atoms with Gasteiger partial charge in [0.05, 0.1) is 16.8 Å². The number of urea groups is 1. The molecule has 0 atom stereocenters. The zero-order valence-corrected chi connectivity index (χ0v) is 24.3. The summed E-state index contributed by atoms with van der Waals surface area (Å²) >= 11 is 5.64. The minimum absolute atomic E-state index is 0.00583. The van der Waals surface area contributed by atoms with Crippen LogP contribution in [0.2, 0.25) is 5.02 Å². The number of nitrogens with zero attached hydrogens (tertiary/aromatic N) is 4. The van der Waals surface area contributed by atoms with Crippen molar-refractivity contribution in [2.75, 3.05) is 15.5 Å². The molecular formula is C28H26ClF4N7O3. The minimum atomic E-state index is -4.71. The molecule has 0 fully saturated rings. The van der Waals surface area contributed by atoms with Gasteiger partial charge in [0.25, 0.3) is 0 Å². The van der Waals surface area contributed by atoms with Crippen LogP contribution in [0.5, 0.6) is 0 Å². The highest BCUT2D eigenvalue weighted by molar-refractivity contribution is 6.31. The van der Waals surface area contributed by atoms with Crippen molar-refractivity contribution in [2.45, 2.75) is 46.4 Å². The molecule has 0 unspecified atom stereocenters. The van der Waals surface area contributed by atoms with Crippen molar-refractivity contribution in [3.8, 4) is 11.4 Å². The zero-order chi connectivity index (χ0) is 31.7. The van der Waals surface area contributed by atoms with E-state index in [1.807, 2.05) is 0 Å². The molecule has 0 aliphatic rings. The number of H-pyrrole nitrogens is 1. The maximum Gasteiger partial charge on any atom is 0.422 e. The number of carbonyl (C=O) groups is 2. The van der Waals surface area contributed by atoms with Crippen LogP contribution in [0.4, 0.5) is 50.2 Å². The molecule has 0 radical (unpaired) electrons. The molecule has 15 heteroatoms. The van der Waals surface area contributed by atoms with E-state index in [1.165, 1.54) is 18.2 Å². The van der Waals surface area contributed by atoms with Crippen molar-refractivity contribution in [3.63, 3.8) is 0 Å². The number of aryl methyl sites for hydroxylation is 2. The van der Waals surface area contributed by atoms with Gasteiger partial charge in [0.2, 0.25) is 0 Å². The number of halogens is 5. The van der Waals surface area contributed by atoms with E-state index >= 15 is 4.39 Å². The molecule has 4 aromatic rings. The van der Waals surface area contributed by atoms with Crippen LogP contribution in [0, 0.1) is 19.7 Å². The summed E-state index contributed by atoms with van der Waals surface area (Å²) in [5.74, 6) is -1.31. The topological polar surface area (TPSA) is 125 Å². The van der Waals surface area contributed by atoms with Gasteiger partial charge in [-0.2, -0.15) is 18.3 Å². The summed E-state index contributed by atoms with van der Waals surface area (Å²) < 4.78 is 60.2. The molecule has 4 rings (SSSR count). The second kappa shape index (κ2) is 11.9. The first kappa shape index (κ1) is 31.2. The van der Waals surface area contributed by atoms with Gasteiger partial charge in [-0.15, -0.1) is 0 Å². The number of amides is 3. The van der Waals surface area contributed by atoms with E-state index in [0.29, 0.717) is 22.9 Å². The molecule has 0 spiro atoms. The zero-order valence-electron chi connectivity index (χ0n) is 23.5. The lowest BCUT2D eigenvalue weighted by Gasteiger charge is -2.25. The Morgan fingerprint density at radius 1 is 1.00 bits per heavy atom. The fourth-order valence-corrected chi connectivity index (χ4v) is 4.04. The van der Waals surface area contributed by atoms with Crippen LogP contribution in [-0.2, 0) is 10.9 Å². The van der Waals surface area contributed by atoms with Crippen LogP contribution in [0.3, 0.4) is 0 Å². The first-order chi connectivity index (χ1) is 20.0. The van der Waals surface area contributed by atoms with E-state index < -0.39 is 46.1 Å². The maximum absolute atomic E-state index is 15.2. The number of anilines is 4. The van der Waals surface area contributed by atoms with Gasteiger partial charge in [0, 0.05) is 28.7 Å². The number of hydrogen-bond acceptors (Lipinski definition) is 6. The van der Waals surface area contributed by atoms with E-state index in [-0.39, 0.29) is 23.0 Å². The lowest BCUT2D eigenvalue weighted by Crippen LogP contribution is -2.35. The van der Waals surface area contributed by atoms with Gasteiger partial charge < -0.3 is 15.4 Å². The lowest BCUT2D eigenvalue weighted by atomic mass is 10.1. The van der Waals surface area contributed by atoms with Crippen molar-refractivity contribution in [2.24, 2.45) is 0 Å². The van der Waals surface area contributed by atoms with E-state index in [0.717, 1.165) is 17.2 Å². The Morgan fingerprint density at radius 2 is 1.65 bits per heavy atom. The first-order valence-electron chi connectivity index (χ1n) is 12.7. The molecule has 0 saturated carbocycles. The summed E-state index contributed by atoms with van der Waals surface area (Å²) in [5, 5.41) is 11.1. The normalized spacial score (nSPS) is 11.7. The second-order valence-electron chi connectivity index (χ2n) is 10.4. The summed E-state index contributed by atoms with van der Waals surface area (Å²) in [4.78, 5) is 35.0. The van der Waals surface area contributed by atoms with E-state index in [9.17, 15) is 22.8 Å². The smallest absolute Gasteiger partial charge is 0.422 e. The van der Waals surface area contributed by atoms with Crippen LogP contribution in [-0.4, -0.2) is 37.9 Å². The molecule has 226 valence electrons. The number of hydrogen-bond donors (Lipinski definition) is 3. The van der Waals surface area contributed by atoms with Gasteiger partial charge in [-0.05, 0) is 70.5 Å². The molecule has 2 aromatic heterocycles. The number of nitrogens with one attached hydrogen (secondary N) is 3. The number of benzene rings is 2. The van der Waals surface area contributed by atoms with Gasteiger partial charge in [0.15, 0.2) is 23.3 Å². The largest absolute Gasteiger partial charge is 0.443 e. The highest BCUT2D eigenvalue weighted by Gasteiger charge is 2.34. The molecule has 0 bridgehead atoms. The third-order valence-corrected chi connectivity index (χ3v) is 6.03. The number of aromatic nitrogens is 4. The highest BCUT2D eigenvalue weighted by Crippen LogP contribution is 2.36. The molecule has 3 amide bonds. The Hall–Kier alpha value is -4.72. The SMILES string of the molecule is Cc1cc(N(C(=O)OC(C)(C)C)c2nc(-c3cc(NC(=O)Nc4ccc(Cl)c(C(F)(F)F)c4)ccc3C)ncc2F)n[nH]1. The summed E-state index contributed by atoms with van der Waals surface area (Å²) in [6.07, 6.45) is -4.75. The van der Waals surface area contributed by atoms with Crippen LogP contribution < -0.4 is 15.5 Å². The Morgan fingerprint density at radius 3 is 2.26 bits per heavy atom. The van der Waals surface area contributed by atoms with Crippen molar-refractivity contribution in [1.29, 1.82) is 0 Å². The molecule has 2 aromatic carbocycles. The Kier molecular flexibility index (Phi) is 8.62. The fraction of sp³-hybridized carbons (Fsp3) is 0.250. The lowest BCUT2D eigenvalue weighted by molar-refractivity contribution is -0.137. The molecular weight excluding hydrogens is 594 g/mol. The van der Waals surface area contributed by atoms with E-state index in [2.05, 4.69) is 30.8 Å². The van der Waals surface area contributed by atoms with Crippen molar-refractivity contribution < 1.29 is 31.9 Å². The Bertz CT molecular complexity index is 1690. The number of alkyl halides is 3. The van der Waals surface area contributed by atoms with Gasteiger partial charge >= 0.3 is 18.3 Å². The Balaban J connectivity index is 1.65. The van der Waals surface area contributed by atoms with Crippen LogP contribution in [0.25, 0.3) is 11.4 Å². The molecule has 2 heterocycles. The third kappa shape index (κ3) is 7.57. The Labute approximate surface area is 248 Å². The molecule has 0 saturated heterocycles. The van der Waals surface area contributed by atoms with Gasteiger partial charge in [-0.3, -0.25) is 5.10 Å². The van der Waals surface area contributed by atoms with Gasteiger partial charge in [-0.25, -0.2) is 28.8 Å². The molecule has 3 N–H and O–H groups in total.